The average molecular weight is 362 g/mol. The molecule has 25 heavy (non-hydrogen) atoms. The summed E-state index contributed by atoms with van der Waals surface area (Å²) < 4.78 is 35.0. The van der Waals surface area contributed by atoms with Crippen LogP contribution in [0.15, 0.2) is 42.6 Å². The predicted molar refractivity (Wildman–Crippen MR) is 98.9 cm³/mol. The van der Waals surface area contributed by atoms with Gasteiger partial charge in [0.05, 0.1) is 11.9 Å². The van der Waals surface area contributed by atoms with Crippen molar-refractivity contribution >= 4 is 17.0 Å². The van der Waals surface area contributed by atoms with Crippen molar-refractivity contribution < 1.29 is 20.2 Å². The van der Waals surface area contributed by atoms with Gasteiger partial charge in [-0.1, -0.05) is 36.8 Å². The second-order valence-electron chi connectivity index (χ2n) is 5.75. The molecule has 2 heterocycles. The van der Waals surface area contributed by atoms with Crippen LogP contribution in [-0.2, 0) is 19.3 Å². The lowest BCUT2D eigenvalue weighted by molar-refractivity contribution is 0.152. The Morgan fingerprint density at radius 2 is 2.12 bits per heavy atom. The minimum absolute atomic E-state index is 0.00744. The zero-order valence-corrected chi connectivity index (χ0v) is 14.4. The van der Waals surface area contributed by atoms with Crippen LogP contribution in [0.3, 0.4) is 0 Å². The van der Waals surface area contributed by atoms with E-state index in [9.17, 15) is 9.90 Å². The normalized spacial score (nSPS) is 22.9. The second-order valence-corrected chi connectivity index (χ2v) is 6.94. The van der Waals surface area contributed by atoms with Crippen LogP contribution in [0.2, 0.25) is 1.41 Å². The van der Waals surface area contributed by atoms with E-state index in [2.05, 4.69) is 4.98 Å². The van der Waals surface area contributed by atoms with Gasteiger partial charge in [-0.3, -0.25) is 9.78 Å². The molecule has 1 aromatic heterocycles. The molecule has 3 rings (SSSR count). The number of rotatable bonds is 7. The number of aliphatic hydroxyl groups is 1. The molecule has 1 aliphatic rings. The quantitative estimate of drug-likeness (QED) is 0.792. The third kappa shape index (κ3) is 4.96. The first-order valence-corrected chi connectivity index (χ1v) is 8.91. The SMILES string of the molecule is [2H]N1C(=O)SC(Cc2ccc(OCCc3ccc(CC([2H])([2H])[2H])cn3)cc2)C1O. The highest BCUT2D eigenvalue weighted by molar-refractivity contribution is 8.14. The van der Waals surface area contributed by atoms with Crippen molar-refractivity contribution in [3.63, 3.8) is 0 Å². The molecule has 0 radical (unpaired) electrons. The van der Waals surface area contributed by atoms with Gasteiger partial charge in [0.25, 0.3) is 5.24 Å². The van der Waals surface area contributed by atoms with Crippen molar-refractivity contribution in [1.82, 2.24) is 10.3 Å². The number of amides is 1. The standard InChI is InChI=1S/C19H22N2O3S/c1-2-13-3-6-15(20-12-13)9-10-24-16-7-4-14(5-8-16)11-17-18(22)21-19(23)25-17/h3-8,12,17-18,22H,2,9-11H2,1H3,(H,21,23)/i1D3/hD. The molecule has 2 unspecified atom stereocenters. The zero-order valence-electron chi connectivity index (χ0n) is 17.6. The highest BCUT2D eigenvalue weighted by atomic mass is 32.2. The van der Waals surface area contributed by atoms with E-state index in [1.54, 1.807) is 12.3 Å². The smallest absolute Gasteiger partial charge is 0.281 e. The fraction of sp³-hybridized carbons (Fsp3) is 0.368. The number of hydrogen-bond donors (Lipinski definition) is 2. The Kier molecular flexibility index (Phi) is 4.41. The van der Waals surface area contributed by atoms with Gasteiger partial charge < -0.3 is 15.2 Å². The van der Waals surface area contributed by atoms with Gasteiger partial charge in [0.2, 0.25) is 0 Å². The van der Waals surface area contributed by atoms with Gasteiger partial charge in [0.1, 0.15) is 12.0 Å². The summed E-state index contributed by atoms with van der Waals surface area (Å²) in [7, 11) is 0. The molecule has 0 saturated carbocycles. The first-order valence-electron chi connectivity index (χ1n) is 9.98. The average Bonchev–Trinajstić information content (AvgIpc) is 2.90. The molecule has 1 fully saturated rings. The molecule has 0 spiro atoms. The van der Waals surface area contributed by atoms with Crippen LogP contribution in [0.25, 0.3) is 0 Å². The van der Waals surface area contributed by atoms with Crippen LogP contribution in [-0.4, -0.2) is 33.4 Å². The predicted octanol–water partition coefficient (Wildman–Crippen LogP) is 2.95. The number of hydrogen-bond acceptors (Lipinski definition) is 5. The summed E-state index contributed by atoms with van der Waals surface area (Å²) in [5.41, 5.74) is 2.46. The van der Waals surface area contributed by atoms with Gasteiger partial charge >= 0.3 is 0 Å². The molecule has 1 aromatic carbocycles. The molecule has 5 nitrogen and oxygen atoms in total. The number of benzene rings is 1. The van der Waals surface area contributed by atoms with E-state index < -0.39 is 18.3 Å². The molecule has 6 heteroatoms. The van der Waals surface area contributed by atoms with Gasteiger partial charge in [0, 0.05) is 22.4 Å². The Morgan fingerprint density at radius 1 is 1.32 bits per heavy atom. The highest BCUT2D eigenvalue weighted by Gasteiger charge is 2.31. The van der Waals surface area contributed by atoms with E-state index in [0.29, 0.717) is 36.1 Å². The molecule has 1 aliphatic heterocycles. The number of pyridine rings is 1. The Morgan fingerprint density at radius 3 is 2.76 bits per heavy atom. The van der Waals surface area contributed by atoms with E-state index in [-0.39, 0.29) is 11.7 Å². The first kappa shape index (κ1) is 13.2. The second kappa shape index (κ2) is 8.36. The summed E-state index contributed by atoms with van der Waals surface area (Å²) in [4.78, 5) is 15.7. The topological polar surface area (TPSA) is 71.5 Å². The Bertz CT molecular complexity index is 831. The number of aliphatic hydroxyl groups excluding tert-OH is 1. The molecule has 2 atom stereocenters. The highest BCUT2D eigenvalue weighted by Crippen LogP contribution is 2.26. The van der Waals surface area contributed by atoms with Gasteiger partial charge in [0.15, 0.2) is 1.41 Å². The molecule has 2 aromatic rings. The number of nitrogens with one attached hydrogen (secondary N) is 1. The number of carbonyl (C=O) groups excluding carboxylic acids is 1. The van der Waals surface area contributed by atoms with Gasteiger partial charge in [-0.2, -0.15) is 0 Å². The van der Waals surface area contributed by atoms with E-state index in [1.165, 1.54) is 0 Å². The monoisotopic (exact) mass is 362 g/mol. The summed E-state index contributed by atoms with van der Waals surface area (Å²) >= 11 is 0.976. The van der Waals surface area contributed by atoms with Crippen molar-refractivity contribution in [2.24, 2.45) is 0 Å². The van der Waals surface area contributed by atoms with Crippen molar-refractivity contribution in [3.05, 3.63) is 59.4 Å². The van der Waals surface area contributed by atoms with Crippen LogP contribution >= 0.6 is 11.8 Å². The fourth-order valence-corrected chi connectivity index (χ4v) is 3.38. The molecular formula is C19H22N2O3S. The molecule has 0 bridgehead atoms. The molecule has 1 amide bonds. The molecule has 2 N–H and O–H groups in total. The van der Waals surface area contributed by atoms with E-state index in [1.807, 2.05) is 30.3 Å². The minimum atomic E-state index is -2.00. The molecular weight excluding hydrogens is 336 g/mol. The van der Waals surface area contributed by atoms with Crippen molar-refractivity contribution in [2.75, 3.05) is 6.61 Å². The van der Waals surface area contributed by atoms with E-state index in [0.717, 1.165) is 23.0 Å². The minimum Gasteiger partial charge on any atom is -0.493 e. The van der Waals surface area contributed by atoms with Crippen molar-refractivity contribution in [2.45, 2.75) is 37.6 Å². The number of aryl methyl sites for hydroxylation is 1. The van der Waals surface area contributed by atoms with Crippen LogP contribution < -0.4 is 10.0 Å². The van der Waals surface area contributed by atoms with Crippen LogP contribution in [0.1, 0.15) is 27.8 Å². The van der Waals surface area contributed by atoms with Gasteiger partial charge in [-0.15, -0.1) is 0 Å². The third-order valence-corrected chi connectivity index (χ3v) is 4.92. The van der Waals surface area contributed by atoms with Crippen molar-refractivity contribution in [3.8, 4) is 5.75 Å². The van der Waals surface area contributed by atoms with E-state index >= 15 is 0 Å². The Labute approximate surface area is 157 Å². The largest absolute Gasteiger partial charge is 0.493 e. The van der Waals surface area contributed by atoms with Crippen molar-refractivity contribution in [1.29, 1.82) is 0 Å². The maximum atomic E-state index is 11.4. The number of nitrogens with zero attached hydrogens (tertiary/aromatic N) is 1. The molecule has 132 valence electrons. The number of aromatic nitrogens is 1. The number of thioether (sulfide) groups is 1. The summed E-state index contributed by atoms with van der Waals surface area (Å²) in [6.07, 6.45) is 1.59. The fourth-order valence-electron chi connectivity index (χ4n) is 2.49. The zero-order chi connectivity index (χ0) is 21.0. The number of carbonyl (C=O) groups is 1. The first-order chi connectivity index (χ1) is 13.7. The van der Waals surface area contributed by atoms with Gasteiger partial charge in [-0.05, 0) is 42.2 Å². The molecule has 1 saturated heterocycles. The summed E-state index contributed by atoms with van der Waals surface area (Å²) in [5.74, 6) is 0.700. The van der Waals surface area contributed by atoms with Crippen LogP contribution in [0.5, 0.6) is 5.75 Å². The Hall–Kier alpha value is -2.05. The maximum Gasteiger partial charge on any atom is 0.281 e. The van der Waals surface area contributed by atoms with Crippen LogP contribution in [0, 0.1) is 0 Å². The summed E-state index contributed by atoms with van der Waals surface area (Å²) in [6.45, 7) is -1.56. The Balaban J connectivity index is 1.45. The maximum absolute atomic E-state index is 11.4. The van der Waals surface area contributed by atoms with Gasteiger partial charge in [-0.25, -0.2) is 0 Å². The summed E-state index contributed by atoms with van der Waals surface area (Å²) in [6, 6.07) is 11.0. The molecule has 0 aliphatic carbocycles. The lowest BCUT2D eigenvalue weighted by atomic mass is 10.1. The lowest BCUT2D eigenvalue weighted by Gasteiger charge is -2.12. The number of ether oxygens (including phenoxy) is 1. The lowest BCUT2D eigenvalue weighted by Crippen LogP contribution is -2.31. The third-order valence-electron chi connectivity index (χ3n) is 3.90. The van der Waals surface area contributed by atoms with Crippen LogP contribution in [0.4, 0.5) is 4.79 Å². The van der Waals surface area contributed by atoms with E-state index in [4.69, 9.17) is 10.3 Å². The summed E-state index contributed by atoms with van der Waals surface area (Å²) in [5, 5.41) is 9.69.